The predicted octanol–water partition coefficient (Wildman–Crippen LogP) is 19.6. The second kappa shape index (κ2) is 44.9. The van der Waals surface area contributed by atoms with E-state index >= 15 is 0 Å². The van der Waals surface area contributed by atoms with Crippen molar-refractivity contribution in [2.45, 2.75) is 155 Å². The molecule has 146 heavy (non-hydrogen) atoms. The molecule has 0 bridgehead atoms. The van der Waals surface area contributed by atoms with Crippen LogP contribution < -0.4 is 107 Å². The van der Waals surface area contributed by atoms with Gasteiger partial charge in [0.1, 0.15) is 80.0 Å². The van der Waals surface area contributed by atoms with Gasteiger partial charge in [-0.1, -0.05) is 60.6 Å². The number of H-pyrrole nitrogens is 4. The van der Waals surface area contributed by atoms with Gasteiger partial charge in [0.05, 0.1) is 123 Å². The molecule has 0 spiro atoms. The summed E-state index contributed by atoms with van der Waals surface area (Å²) in [5.74, 6) is 6.39. The van der Waals surface area contributed by atoms with E-state index in [1.165, 1.54) is 12.1 Å². The van der Waals surface area contributed by atoms with E-state index in [-0.39, 0.29) is 44.7 Å². The minimum absolute atomic E-state index is 0.0303. The zero-order valence-corrected chi connectivity index (χ0v) is 88.6. The number of aryl methyl sites for hydroxylation is 9. The second-order valence-electron chi connectivity index (χ2n) is 40.8. The van der Waals surface area contributed by atoms with Crippen LogP contribution in [0.5, 0.6) is 34.5 Å². The maximum absolute atomic E-state index is 13.8. The predicted molar refractivity (Wildman–Crippen MR) is 597 cm³/mol. The van der Waals surface area contributed by atoms with Crippen LogP contribution >= 0.6 is 0 Å². The second-order valence-corrected chi connectivity index (χ2v) is 40.8. The number of aromatic nitrogens is 7. The van der Waals surface area contributed by atoms with Gasteiger partial charge in [-0.15, -0.1) is 0 Å². The summed E-state index contributed by atoms with van der Waals surface area (Å²) in [5, 5.41) is 7.34. The molecule has 770 valence electrons. The van der Waals surface area contributed by atoms with E-state index in [0.29, 0.717) is 49.3 Å². The lowest BCUT2D eigenvalue weighted by molar-refractivity contribution is 0.303. The van der Waals surface area contributed by atoms with E-state index in [9.17, 15) is 38.0 Å². The molecular formula is C117H142FN15O13. The van der Waals surface area contributed by atoms with E-state index in [1.54, 1.807) is 62.2 Å². The monoisotopic (exact) mass is 1980 g/mol. The molecule has 0 fully saturated rings. The van der Waals surface area contributed by atoms with E-state index in [0.717, 1.165) is 326 Å². The Morgan fingerprint density at radius 3 is 1.00 bits per heavy atom. The van der Waals surface area contributed by atoms with Gasteiger partial charge in [-0.25, -0.2) is 4.39 Å². The highest BCUT2D eigenvalue weighted by molar-refractivity contribution is 6.01. The summed E-state index contributed by atoms with van der Waals surface area (Å²) >= 11 is 0. The Kier molecular flexibility index (Phi) is 32.1. The van der Waals surface area contributed by atoms with Crippen LogP contribution in [-0.4, -0.2) is 177 Å². The first kappa shape index (κ1) is 104. The van der Waals surface area contributed by atoms with Gasteiger partial charge in [0.15, 0.2) is 0 Å². The number of hydrogen-bond donors (Lipinski definition) is 4. The molecule has 7 aliphatic heterocycles. The fourth-order valence-corrected chi connectivity index (χ4v) is 21.0. The van der Waals surface area contributed by atoms with Crippen molar-refractivity contribution in [2.75, 3.05) is 171 Å². The van der Waals surface area contributed by atoms with Crippen molar-refractivity contribution in [3.05, 3.63) is 263 Å². The molecule has 0 unspecified atom stereocenters. The maximum Gasteiger partial charge on any atom is 0.251 e. The maximum atomic E-state index is 13.8. The number of hydrogen-bond acceptors (Lipinski definition) is 21. The summed E-state index contributed by atoms with van der Waals surface area (Å²) in [6.45, 7) is 52.5. The molecule has 15 aromatic rings. The Labute approximate surface area is 851 Å². The summed E-state index contributed by atoms with van der Waals surface area (Å²) in [4.78, 5) is 113. The van der Waals surface area contributed by atoms with Gasteiger partial charge in [-0.3, -0.25) is 33.6 Å². The van der Waals surface area contributed by atoms with Gasteiger partial charge in [0, 0.05) is 166 Å². The van der Waals surface area contributed by atoms with Gasteiger partial charge in [-0.05, 0) is 248 Å². The van der Waals surface area contributed by atoms with Gasteiger partial charge in [-0.2, -0.15) is 0 Å². The molecule has 14 heterocycles. The number of nitrogens with zero attached hydrogens (tertiary/aromatic N) is 11. The number of anilines is 8. The summed E-state index contributed by atoms with van der Waals surface area (Å²) in [5.41, 5.74) is 22.3. The highest BCUT2D eigenvalue weighted by Gasteiger charge is 2.30. The molecule has 0 saturated carbocycles. The SMILES string of the molecule is CCCN1CCCN(C)c2cc3c(-c4cccc(F)c4)cc(=O)[nH]c3cc21.CCCN1CCOc2cc3c(C)cc(=O)[nH]c3cc21.CCCN1CCOc2cc3c(C)cc(=O)n(C)c3cc21.Cc1cc(=O)[nH]c2cc3c(cc12)OCCN3C(C)C.Cc1cc(=O)[nH]c2cc3c(cc12)OCCN3CC(C)C.Cc1cc(=O)n(C)c2cc3c(cc12)OCCN3C(C)C.Cc1cc(=O)n(C)c2cc3c(cc12)OCCN3CC(C)C. The Hall–Kier alpha value is -14.6. The zero-order valence-electron chi connectivity index (χ0n) is 88.6. The quantitative estimate of drug-likeness (QED) is 0.0834. The molecule has 4 N–H and O–H groups in total. The lowest BCUT2D eigenvalue weighted by Crippen LogP contribution is -2.38. The number of pyridine rings is 7. The van der Waals surface area contributed by atoms with Crippen LogP contribution in [0.2, 0.25) is 0 Å². The molecule has 0 radical (unpaired) electrons. The highest BCUT2D eigenvalue weighted by Crippen LogP contribution is 2.45. The van der Waals surface area contributed by atoms with Crippen molar-refractivity contribution in [1.29, 1.82) is 0 Å². The van der Waals surface area contributed by atoms with E-state index in [2.05, 4.69) is 191 Å². The Morgan fingerprint density at radius 2 is 0.616 bits per heavy atom. The molecule has 7 aliphatic rings. The molecule has 22 rings (SSSR count). The Bertz CT molecular complexity index is 7870. The molecule has 0 amide bonds. The molecule has 0 aliphatic carbocycles. The fourth-order valence-electron chi connectivity index (χ4n) is 21.0. The summed E-state index contributed by atoms with van der Waals surface area (Å²) in [7, 11) is 7.57. The average molecular weight is 1990 g/mol. The van der Waals surface area contributed by atoms with Crippen LogP contribution in [0.25, 0.3) is 87.4 Å². The Balaban J connectivity index is 0.000000122. The molecule has 7 aromatic heterocycles. The number of aromatic amines is 4. The van der Waals surface area contributed by atoms with Gasteiger partial charge >= 0.3 is 0 Å². The smallest absolute Gasteiger partial charge is 0.251 e. The van der Waals surface area contributed by atoms with Crippen LogP contribution in [0.1, 0.15) is 135 Å². The molecule has 0 atom stereocenters. The van der Waals surface area contributed by atoms with E-state index in [1.807, 2.05) is 105 Å². The number of fused-ring (bicyclic) bond motifs is 14. The normalized spacial score (nSPS) is 14.4. The van der Waals surface area contributed by atoms with Crippen LogP contribution in [0.15, 0.2) is 185 Å². The number of nitrogens with one attached hydrogen (secondary N) is 4. The lowest BCUT2D eigenvalue weighted by atomic mass is 9.99. The third-order valence-corrected chi connectivity index (χ3v) is 28.3. The van der Waals surface area contributed by atoms with Crippen molar-refractivity contribution < 1.29 is 32.8 Å². The van der Waals surface area contributed by atoms with Crippen molar-refractivity contribution >= 4 is 122 Å². The molecule has 29 heteroatoms. The minimum Gasteiger partial charge on any atom is -0.490 e. The van der Waals surface area contributed by atoms with E-state index in [4.69, 9.17) is 28.4 Å². The van der Waals surface area contributed by atoms with Crippen molar-refractivity contribution in [1.82, 2.24) is 33.6 Å². The number of benzene rings is 8. The molecule has 8 aromatic carbocycles. The molecule has 0 saturated heterocycles. The summed E-state index contributed by atoms with van der Waals surface area (Å²) in [6.07, 6.45) is 4.36. The molecule has 28 nitrogen and oxygen atoms in total. The number of halogens is 1. The first-order valence-electron chi connectivity index (χ1n) is 51.6. The summed E-state index contributed by atoms with van der Waals surface area (Å²) in [6, 6.07) is 47.6. The Morgan fingerprint density at radius 1 is 0.308 bits per heavy atom. The van der Waals surface area contributed by atoms with Gasteiger partial charge < -0.3 is 101 Å². The van der Waals surface area contributed by atoms with Gasteiger partial charge in [0.25, 0.3) is 16.7 Å². The highest BCUT2D eigenvalue weighted by atomic mass is 19.1. The van der Waals surface area contributed by atoms with Crippen LogP contribution in [0.4, 0.5) is 49.9 Å². The third-order valence-electron chi connectivity index (χ3n) is 28.3. The lowest BCUT2D eigenvalue weighted by Gasteiger charge is -2.34. The number of rotatable bonds is 13. The minimum atomic E-state index is -0.304. The first-order valence-corrected chi connectivity index (χ1v) is 51.6. The zero-order chi connectivity index (χ0) is 104. The van der Waals surface area contributed by atoms with E-state index < -0.39 is 0 Å². The van der Waals surface area contributed by atoms with Crippen molar-refractivity contribution in [3.8, 4) is 45.6 Å². The first-order chi connectivity index (χ1) is 69.9. The van der Waals surface area contributed by atoms with Crippen LogP contribution in [-0.2, 0) is 21.1 Å². The summed E-state index contributed by atoms with van der Waals surface area (Å²) < 4.78 is 53.7. The van der Waals surface area contributed by atoms with Crippen LogP contribution in [0.3, 0.4) is 0 Å². The third kappa shape index (κ3) is 22.7. The average Bonchev–Trinajstić information content (AvgIpc) is 1.56. The van der Waals surface area contributed by atoms with Crippen molar-refractivity contribution in [2.24, 2.45) is 33.0 Å². The number of ether oxygens (including phenoxy) is 6. The topological polar surface area (TPSA) is 279 Å². The van der Waals surface area contributed by atoms with Gasteiger partial charge in [0.2, 0.25) is 22.2 Å². The molecular weight excluding hydrogens is 1840 g/mol. The fraction of sp³-hybridized carbons (Fsp3) is 0.410. The van der Waals surface area contributed by atoms with Crippen molar-refractivity contribution in [3.63, 3.8) is 0 Å². The standard InChI is InChI=1S/C22H24FN3O.C17H22N2O2.3C16H20N2O2.2C15H18N2O2/c1-3-8-26-10-5-9-25(2)20-12-18-17(15-6-4-7-16(23)11-15)13-22(27)24-19(18)14-21(20)26;1-11(2)10-19-5-6-21-16-8-13-12(3)7-17(20)18(4)14(13)9-15(16)19;1-10(2)18-5-6-20-15-8-12-11(3)7-16(19)17(4)13(12)9-14(15)18;1-10(2)9-18-4-5-20-15-7-12-11(3)6-16(19)17-13(12)8-14(15)18;1-4-5-18-6-7-20-15-9-12-11(2)8-16(19)17(3)13(12)10-14(15)18;1-9(2)17-4-5-19-14-7-11-10(3)6-15(18)16-12(11)8-13(14)17;1-3-4-17-5-6-19-14-8-11-10(2)7-15(18)16-12(11)9-13(14)17/h4,6-7,11-14H,3,5,8-10H2,1-2H3,(H,24,27);7-9,11H,5-6,10H2,1-4H3;7-10H,5-6H2,1-4H3;6-8,10H,4-5,9H2,1-3H3,(H,17,19);8-10H,4-7H2,1-3H3;6-9H,4-5H2,1-3H3,(H,16,18);7-9H,3-6H2,1-2H3,(H,16,18). The largest absolute Gasteiger partial charge is 0.490 e. The van der Waals surface area contributed by atoms with Crippen LogP contribution in [0, 0.1) is 59.2 Å².